The molecule has 142 valence electrons. The highest BCUT2D eigenvalue weighted by Crippen LogP contribution is 2.32. The summed E-state index contributed by atoms with van der Waals surface area (Å²) < 4.78 is 28.1. The number of anilines is 2. The molecule has 0 aliphatic carbocycles. The minimum absolute atomic E-state index is 0.0307. The second-order valence-electron chi connectivity index (χ2n) is 5.92. The molecule has 0 saturated carbocycles. The van der Waals surface area contributed by atoms with Gasteiger partial charge in [0.05, 0.1) is 23.1 Å². The number of methoxy groups -OCH3 is 1. The van der Waals surface area contributed by atoms with Gasteiger partial charge >= 0.3 is 0 Å². The van der Waals surface area contributed by atoms with Gasteiger partial charge in [-0.2, -0.15) is 10.1 Å². The maximum absolute atomic E-state index is 11.3. The molecule has 9 nitrogen and oxygen atoms in total. The molecule has 4 rings (SSSR count). The smallest absolute Gasteiger partial charge is 0.238 e. The third kappa shape index (κ3) is 3.38. The SMILES string of the molecule is COc1ccccc1-c1[nH]nc2nc(Nc3ccc(S(N)(=O)=O)cc3)ncc12. The summed E-state index contributed by atoms with van der Waals surface area (Å²) in [6.07, 6.45) is 1.66. The lowest BCUT2D eigenvalue weighted by Gasteiger charge is -2.07. The molecule has 0 amide bonds. The molecule has 0 atom stereocenters. The molecule has 28 heavy (non-hydrogen) atoms. The van der Waals surface area contributed by atoms with E-state index in [4.69, 9.17) is 9.88 Å². The van der Waals surface area contributed by atoms with Gasteiger partial charge in [-0.15, -0.1) is 0 Å². The van der Waals surface area contributed by atoms with Crippen LogP contribution in [0.4, 0.5) is 11.6 Å². The number of fused-ring (bicyclic) bond motifs is 1. The zero-order chi connectivity index (χ0) is 19.7. The minimum atomic E-state index is -3.73. The fourth-order valence-corrected chi connectivity index (χ4v) is 3.29. The van der Waals surface area contributed by atoms with Crippen LogP contribution in [0.5, 0.6) is 5.75 Å². The highest BCUT2D eigenvalue weighted by molar-refractivity contribution is 7.89. The molecule has 4 N–H and O–H groups in total. The monoisotopic (exact) mass is 396 g/mol. The quantitative estimate of drug-likeness (QED) is 0.471. The van der Waals surface area contributed by atoms with E-state index in [1.54, 1.807) is 25.4 Å². The molecule has 0 bridgehead atoms. The highest BCUT2D eigenvalue weighted by atomic mass is 32.2. The molecule has 0 aliphatic heterocycles. The van der Waals surface area contributed by atoms with Crippen molar-refractivity contribution in [3.63, 3.8) is 0 Å². The zero-order valence-electron chi connectivity index (χ0n) is 14.7. The van der Waals surface area contributed by atoms with Crippen molar-refractivity contribution in [1.29, 1.82) is 0 Å². The molecule has 2 aromatic heterocycles. The Morgan fingerprint density at radius 1 is 1.11 bits per heavy atom. The Morgan fingerprint density at radius 3 is 2.57 bits per heavy atom. The number of H-pyrrole nitrogens is 1. The zero-order valence-corrected chi connectivity index (χ0v) is 15.6. The minimum Gasteiger partial charge on any atom is -0.496 e. The number of rotatable bonds is 5. The van der Waals surface area contributed by atoms with Gasteiger partial charge in [0.25, 0.3) is 0 Å². The third-order valence-electron chi connectivity index (χ3n) is 4.13. The summed E-state index contributed by atoms with van der Waals surface area (Å²) in [5, 5.41) is 16.1. The average Bonchev–Trinajstić information content (AvgIpc) is 3.10. The number of ether oxygens (including phenoxy) is 1. The fraction of sp³-hybridized carbons (Fsp3) is 0.0556. The number of benzene rings is 2. The first kappa shape index (κ1) is 17.9. The summed E-state index contributed by atoms with van der Waals surface area (Å²) in [5.74, 6) is 1.04. The number of aromatic amines is 1. The Labute approximate surface area is 160 Å². The molecule has 0 unspecified atom stereocenters. The van der Waals surface area contributed by atoms with E-state index in [0.717, 1.165) is 16.6 Å². The van der Waals surface area contributed by atoms with Crippen LogP contribution in [0.3, 0.4) is 0 Å². The van der Waals surface area contributed by atoms with Crippen LogP contribution >= 0.6 is 0 Å². The van der Waals surface area contributed by atoms with E-state index in [1.165, 1.54) is 12.1 Å². The number of primary sulfonamides is 1. The van der Waals surface area contributed by atoms with E-state index in [9.17, 15) is 8.42 Å². The van der Waals surface area contributed by atoms with E-state index in [2.05, 4.69) is 25.5 Å². The van der Waals surface area contributed by atoms with Crippen LogP contribution in [-0.4, -0.2) is 35.7 Å². The number of nitrogens with one attached hydrogen (secondary N) is 2. The second kappa shape index (κ2) is 6.91. The van der Waals surface area contributed by atoms with Crippen molar-refractivity contribution in [2.75, 3.05) is 12.4 Å². The van der Waals surface area contributed by atoms with Crippen LogP contribution in [0, 0.1) is 0 Å². The lowest BCUT2D eigenvalue weighted by molar-refractivity contribution is 0.416. The summed E-state index contributed by atoms with van der Waals surface area (Å²) in [7, 11) is -2.13. The van der Waals surface area contributed by atoms with Crippen LogP contribution in [-0.2, 0) is 10.0 Å². The lowest BCUT2D eigenvalue weighted by atomic mass is 10.1. The molecule has 0 saturated heterocycles. The normalized spacial score (nSPS) is 11.5. The predicted octanol–water partition coefficient (Wildman–Crippen LogP) is 2.42. The van der Waals surface area contributed by atoms with Gasteiger partial charge in [-0.3, -0.25) is 5.10 Å². The molecular formula is C18H16N6O3S. The number of hydrogen-bond donors (Lipinski definition) is 3. The maximum Gasteiger partial charge on any atom is 0.238 e. The van der Waals surface area contributed by atoms with E-state index < -0.39 is 10.0 Å². The van der Waals surface area contributed by atoms with Crippen LogP contribution in [0.15, 0.2) is 59.6 Å². The summed E-state index contributed by atoms with van der Waals surface area (Å²) in [6.45, 7) is 0. The van der Waals surface area contributed by atoms with Crippen molar-refractivity contribution in [1.82, 2.24) is 20.2 Å². The van der Waals surface area contributed by atoms with E-state index in [-0.39, 0.29) is 4.90 Å². The maximum atomic E-state index is 11.3. The number of para-hydroxylation sites is 1. The van der Waals surface area contributed by atoms with Gasteiger partial charge in [-0.1, -0.05) is 12.1 Å². The summed E-state index contributed by atoms with van der Waals surface area (Å²) in [6, 6.07) is 13.6. The van der Waals surface area contributed by atoms with Crippen molar-refractivity contribution in [3.05, 3.63) is 54.7 Å². The van der Waals surface area contributed by atoms with Crippen LogP contribution < -0.4 is 15.2 Å². The van der Waals surface area contributed by atoms with Crippen LogP contribution in [0.2, 0.25) is 0 Å². The Morgan fingerprint density at radius 2 is 1.86 bits per heavy atom. The molecule has 0 spiro atoms. The first-order valence-electron chi connectivity index (χ1n) is 8.20. The number of nitrogens with zero attached hydrogens (tertiary/aromatic N) is 3. The van der Waals surface area contributed by atoms with E-state index in [0.29, 0.717) is 23.0 Å². The Balaban J connectivity index is 1.65. The standard InChI is InChI=1S/C18H16N6O3S/c1-27-15-5-3-2-4-13(15)16-14-10-20-18(22-17(14)24-23-16)21-11-6-8-12(9-7-11)28(19,25)26/h2-10H,1H3,(H2,19,25,26)(H2,20,21,22,23,24). The van der Waals surface area contributed by atoms with E-state index in [1.807, 2.05) is 24.3 Å². The van der Waals surface area contributed by atoms with Gasteiger partial charge in [-0.25, -0.2) is 18.5 Å². The number of nitrogens with two attached hydrogens (primary N) is 1. The molecule has 0 fully saturated rings. The molecule has 10 heteroatoms. The summed E-state index contributed by atoms with van der Waals surface area (Å²) in [5.41, 5.74) is 2.72. The van der Waals surface area contributed by atoms with Crippen LogP contribution in [0.1, 0.15) is 0 Å². The van der Waals surface area contributed by atoms with Gasteiger partial charge in [0, 0.05) is 17.4 Å². The predicted molar refractivity (Wildman–Crippen MR) is 105 cm³/mol. The highest BCUT2D eigenvalue weighted by Gasteiger charge is 2.14. The van der Waals surface area contributed by atoms with Gasteiger partial charge in [0.2, 0.25) is 16.0 Å². The Hall–Kier alpha value is -3.50. The fourth-order valence-electron chi connectivity index (χ4n) is 2.78. The average molecular weight is 396 g/mol. The largest absolute Gasteiger partial charge is 0.496 e. The molecule has 2 heterocycles. The third-order valence-corrected chi connectivity index (χ3v) is 5.06. The molecule has 2 aromatic carbocycles. The first-order chi connectivity index (χ1) is 13.5. The first-order valence-corrected chi connectivity index (χ1v) is 9.75. The van der Waals surface area contributed by atoms with Crippen molar-refractivity contribution >= 4 is 32.7 Å². The lowest BCUT2D eigenvalue weighted by Crippen LogP contribution is -2.11. The van der Waals surface area contributed by atoms with Crippen molar-refractivity contribution < 1.29 is 13.2 Å². The second-order valence-corrected chi connectivity index (χ2v) is 7.49. The van der Waals surface area contributed by atoms with Crippen molar-refractivity contribution in [3.8, 4) is 17.0 Å². The molecular weight excluding hydrogens is 380 g/mol. The molecule has 0 aliphatic rings. The summed E-state index contributed by atoms with van der Waals surface area (Å²) in [4.78, 5) is 8.75. The number of sulfonamides is 1. The topological polar surface area (TPSA) is 136 Å². The number of aromatic nitrogens is 4. The van der Waals surface area contributed by atoms with Crippen LogP contribution in [0.25, 0.3) is 22.3 Å². The van der Waals surface area contributed by atoms with Gasteiger partial charge in [-0.05, 0) is 36.4 Å². The summed E-state index contributed by atoms with van der Waals surface area (Å²) >= 11 is 0. The van der Waals surface area contributed by atoms with Crippen molar-refractivity contribution in [2.45, 2.75) is 4.90 Å². The van der Waals surface area contributed by atoms with Gasteiger partial charge in [0.15, 0.2) is 5.65 Å². The number of hydrogen-bond acceptors (Lipinski definition) is 7. The molecule has 0 radical (unpaired) electrons. The van der Waals surface area contributed by atoms with E-state index >= 15 is 0 Å². The Kier molecular flexibility index (Phi) is 4.41. The Bertz CT molecular complexity index is 1250. The van der Waals surface area contributed by atoms with Gasteiger partial charge in [0.1, 0.15) is 5.75 Å². The molecule has 4 aromatic rings. The van der Waals surface area contributed by atoms with Crippen molar-refractivity contribution in [2.24, 2.45) is 5.14 Å². The van der Waals surface area contributed by atoms with Gasteiger partial charge < -0.3 is 10.1 Å².